The lowest BCUT2D eigenvalue weighted by atomic mass is 10.2. The van der Waals surface area contributed by atoms with Gasteiger partial charge in [0.25, 0.3) is 0 Å². The van der Waals surface area contributed by atoms with Gasteiger partial charge in [0.15, 0.2) is 0 Å². The Hall–Kier alpha value is -2.47. The van der Waals surface area contributed by atoms with Gasteiger partial charge >= 0.3 is 6.03 Å². The van der Waals surface area contributed by atoms with E-state index in [2.05, 4.69) is 5.32 Å². The van der Waals surface area contributed by atoms with E-state index in [0.29, 0.717) is 17.3 Å². The molecule has 0 unspecified atom stereocenters. The topological polar surface area (TPSA) is 57.6 Å². The standard InChI is InChI=1S/C22H27ClN4O2/c1-15-5-6-16(12-20(15)23)24-22(29)27(18-9-10-18)14-21(28)26(17-7-8-17)13-19-4-3-11-25(19)2/h3-6,11-12,17-18H,7-10,13-14H2,1-2H3,(H,24,29). The summed E-state index contributed by atoms with van der Waals surface area (Å²) < 4.78 is 2.04. The second kappa shape index (κ2) is 8.11. The van der Waals surface area contributed by atoms with Crippen LogP contribution < -0.4 is 5.32 Å². The minimum Gasteiger partial charge on any atom is -0.353 e. The summed E-state index contributed by atoms with van der Waals surface area (Å²) in [6.45, 7) is 2.61. The molecule has 0 saturated heterocycles. The van der Waals surface area contributed by atoms with Gasteiger partial charge in [-0.3, -0.25) is 4.79 Å². The van der Waals surface area contributed by atoms with Gasteiger partial charge in [-0.25, -0.2) is 4.79 Å². The minimum absolute atomic E-state index is 0.0117. The Morgan fingerprint density at radius 3 is 2.41 bits per heavy atom. The van der Waals surface area contributed by atoms with Crippen LogP contribution in [0.1, 0.15) is 36.9 Å². The SMILES string of the molecule is Cc1ccc(NC(=O)N(CC(=O)N(Cc2cccn2C)C2CC2)C2CC2)cc1Cl. The molecule has 2 aromatic rings. The molecule has 3 amide bonds. The quantitative estimate of drug-likeness (QED) is 0.739. The van der Waals surface area contributed by atoms with Crippen LogP contribution in [0.5, 0.6) is 0 Å². The average molecular weight is 415 g/mol. The number of aryl methyl sites for hydroxylation is 2. The largest absolute Gasteiger partial charge is 0.353 e. The van der Waals surface area contributed by atoms with Crippen molar-refractivity contribution in [2.24, 2.45) is 7.05 Å². The van der Waals surface area contributed by atoms with Crippen LogP contribution in [0.4, 0.5) is 10.5 Å². The summed E-state index contributed by atoms with van der Waals surface area (Å²) in [6.07, 6.45) is 5.94. The molecule has 6 nitrogen and oxygen atoms in total. The van der Waals surface area contributed by atoms with Crippen molar-refractivity contribution in [3.63, 3.8) is 0 Å². The Labute approximate surface area is 176 Å². The van der Waals surface area contributed by atoms with Gasteiger partial charge < -0.3 is 19.7 Å². The van der Waals surface area contributed by atoms with Crippen molar-refractivity contribution in [3.05, 3.63) is 52.8 Å². The molecule has 0 radical (unpaired) electrons. The highest BCUT2D eigenvalue weighted by atomic mass is 35.5. The Kier molecular flexibility index (Phi) is 5.54. The molecule has 2 fully saturated rings. The van der Waals surface area contributed by atoms with Gasteiger partial charge in [0.1, 0.15) is 6.54 Å². The number of halogens is 1. The summed E-state index contributed by atoms with van der Waals surface area (Å²) in [5.41, 5.74) is 2.70. The van der Waals surface area contributed by atoms with Crippen molar-refractivity contribution in [3.8, 4) is 0 Å². The van der Waals surface area contributed by atoms with Crippen molar-refractivity contribution in [2.75, 3.05) is 11.9 Å². The zero-order valence-corrected chi connectivity index (χ0v) is 17.7. The van der Waals surface area contributed by atoms with Crippen molar-refractivity contribution >= 4 is 29.2 Å². The molecule has 0 bridgehead atoms. The molecule has 29 heavy (non-hydrogen) atoms. The number of hydrogen-bond acceptors (Lipinski definition) is 2. The maximum Gasteiger partial charge on any atom is 0.322 e. The highest BCUT2D eigenvalue weighted by Crippen LogP contribution is 2.31. The van der Waals surface area contributed by atoms with E-state index in [1.54, 1.807) is 11.0 Å². The summed E-state index contributed by atoms with van der Waals surface area (Å²) in [5.74, 6) is 0.0117. The minimum atomic E-state index is -0.240. The van der Waals surface area contributed by atoms with Crippen LogP contribution in [0.2, 0.25) is 5.02 Å². The molecule has 2 aliphatic carbocycles. The summed E-state index contributed by atoms with van der Waals surface area (Å²) >= 11 is 6.17. The first-order chi connectivity index (χ1) is 13.9. The number of nitrogens with one attached hydrogen (secondary N) is 1. The molecule has 1 aromatic carbocycles. The van der Waals surface area contributed by atoms with Gasteiger partial charge in [0, 0.05) is 41.7 Å². The van der Waals surface area contributed by atoms with Crippen molar-refractivity contribution < 1.29 is 9.59 Å². The molecular weight excluding hydrogens is 388 g/mol. The highest BCUT2D eigenvalue weighted by Gasteiger charge is 2.38. The summed E-state index contributed by atoms with van der Waals surface area (Å²) in [4.78, 5) is 29.6. The van der Waals surface area contributed by atoms with Crippen molar-refractivity contribution in [1.82, 2.24) is 14.4 Å². The van der Waals surface area contributed by atoms with E-state index in [9.17, 15) is 9.59 Å². The fourth-order valence-corrected chi connectivity index (χ4v) is 3.68. The number of carbonyl (C=O) groups is 2. The van der Waals surface area contributed by atoms with Gasteiger partial charge in [-0.05, 0) is 62.4 Å². The van der Waals surface area contributed by atoms with Gasteiger partial charge in [0.05, 0.1) is 6.54 Å². The molecule has 2 saturated carbocycles. The Balaban J connectivity index is 1.44. The third-order valence-corrected chi connectivity index (χ3v) is 6.08. The smallest absolute Gasteiger partial charge is 0.322 e. The van der Waals surface area contributed by atoms with Crippen molar-refractivity contribution in [2.45, 2.75) is 51.2 Å². The number of rotatable bonds is 7. The van der Waals surface area contributed by atoms with Crippen LogP contribution >= 0.6 is 11.6 Å². The number of urea groups is 1. The third kappa shape index (κ3) is 4.75. The van der Waals surface area contributed by atoms with Crippen LogP contribution in [-0.4, -0.2) is 44.9 Å². The predicted molar refractivity (Wildman–Crippen MR) is 114 cm³/mol. The van der Waals surface area contributed by atoms with E-state index >= 15 is 0 Å². The number of nitrogens with zero attached hydrogens (tertiary/aromatic N) is 3. The molecule has 1 N–H and O–H groups in total. The molecule has 0 spiro atoms. The first-order valence-corrected chi connectivity index (χ1v) is 10.5. The first-order valence-electron chi connectivity index (χ1n) is 10.2. The number of amides is 3. The molecule has 7 heteroatoms. The monoisotopic (exact) mass is 414 g/mol. The van der Waals surface area contributed by atoms with Gasteiger partial charge in [0.2, 0.25) is 5.91 Å². The Morgan fingerprint density at radius 1 is 1.14 bits per heavy atom. The lowest BCUT2D eigenvalue weighted by Crippen LogP contribution is -2.46. The lowest BCUT2D eigenvalue weighted by Gasteiger charge is -2.28. The molecule has 154 valence electrons. The molecule has 1 aromatic heterocycles. The maximum atomic E-state index is 13.1. The zero-order chi connectivity index (χ0) is 20.5. The zero-order valence-electron chi connectivity index (χ0n) is 16.9. The summed E-state index contributed by atoms with van der Waals surface area (Å²) in [5, 5.41) is 3.51. The fraction of sp³-hybridized carbons (Fsp3) is 0.455. The van der Waals surface area contributed by atoms with E-state index in [-0.39, 0.29) is 30.6 Å². The van der Waals surface area contributed by atoms with Crippen LogP contribution in [-0.2, 0) is 18.4 Å². The van der Waals surface area contributed by atoms with Crippen LogP contribution in [0, 0.1) is 6.92 Å². The van der Waals surface area contributed by atoms with Crippen LogP contribution in [0.25, 0.3) is 0 Å². The fourth-order valence-electron chi connectivity index (χ4n) is 3.50. The molecule has 0 atom stereocenters. The van der Waals surface area contributed by atoms with E-state index < -0.39 is 0 Å². The number of carbonyl (C=O) groups excluding carboxylic acids is 2. The predicted octanol–water partition coefficient (Wildman–Crippen LogP) is 4.17. The van der Waals surface area contributed by atoms with Gasteiger partial charge in [-0.15, -0.1) is 0 Å². The molecular formula is C22H27ClN4O2. The van der Waals surface area contributed by atoms with E-state index in [0.717, 1.165) is 36.9 Å². The Bertz CT molecular complexity index is 917. The van der Waals surface area contributed by atoms with Crippen molar-refractivity contribution in [1.29, 1.82) is 0 Å². The second-order valence-electron chi connectivity index (χ2n) is 8.12. The second-order valence-corrected chi connectivity index (χ2v) is 8.52. The van der Waals surface area contributed by atoms with Gasteiger partial charge in [-0.1, -0.05) is 17.7 Å². The number of aromatic nitrogens is 1. The van der Waals surface area contributed by atoms with E-state index in [1.807, 2.05) is 53.9 Å². The van der Waals surface area contributed by atoms with Gasteiger partial charge in [-0.2, -0.15) is 0 Å². The number of hydrogen-bond donors (Lipinski definition) is 1. The molecule has 1 heterocycles. The summed E-state index contributed by atoms with van der Waals surface area (Å²) in [7, 11) is 1.99. The van der Waals surface area contributed by atoms with E-state index in [1.165, 1.54) is 0 Å². The molecule has 2 aliphatic rings. The molecule has 4 rings (SSSR count). The molecule has 0 aliphatic heterocycles. The normalized spacial score (nSPS) is 15.8. The average Bonchev–Trinajstić information content (AvgIpc) is 3.60. The summed E-state index contributed by atoms with van der Waals surface area (Å²) in [6, 6.07) is 9.66. The Morgan fingerprint density at radius 2 is 1.83 bits per heavy atom. The number of anilines is 1. The van der Waals surface area contributed by atoms with E-state index in [4.69, 9.17) is 11.6 Å². The lowest BCUT2D eigenvalue weighted by molar-refractivity contribution is -0.133. The maximum absolute atomic E-state index is 13.1. The third-order valence-electron chi connectivity index (χ3n) is 5.67. The van der Waals surface area contributed by atoms with Crippen LogP contribution in [0.3, 0.4) is 0 Å². The van der Waals surface area contributed by atoms with Crippen LogP contribution in [0.15, 0.2) is 36.5 Å². The first kappa shape index (κ1) is 19.8. The highest BCUT2D eigenvalue weighted by molar-refractivity contribution is 6.31. The number of benzene rings is 1.